The fraction of sp³-hybridized carbons (Fsp3) is 0.333. The maximum Gasteiger partial charge on any atom is 0.352 e. The summed E-state index contributed by atoms with van der Waals surface area (Å²) in [6.07, 6.45) is 0. The molecule has 6 heteroatoms. The van der Waals surface area contributed by atoms with Crippen LogP contribution in [0.15, 0.2) is 29.1 Å². The van der Waals surface area contributed by atoms with E-state index in [9.17, 15) is 14.7 Å². The molecule has 1 heterocycles. The Hall–Kier alpha value is -2.34. The van der Waals surface area contributed by atoms with Crippen molar-refractivity contribution >= 4 is 16.9 Å². The van der Waals surface area contributed by atoms with Crippen molar-refractivity contribution < 1.29 is 14.6 Å². The number of aromatic nitrogens is 1. The van der Waals surface area contributed by atoms with Gasteiger partial charge >= 0.3 is 5.97 Å². The molecule has 0 spiro atoms. The van der Waals surface area contributed by atoms with Crippen LogP contribution in [0.1, 0.15) is 10.5 Å². The van der Waals surface area contributed by atoms with E-state index in [2.05, 4.69) is 0 Å². The number of pyridine rings is 1. The second kappa shape index (κ2) is 5.97. The summed E-state index contributed by atoms with van der Waals surface area (Å²) in [5.74, 6) is -0.529. The summed E-state index contributed by atoms with van der Waals surface area (Å²) >= 11 is 0. The molecule has 0 atom stereocenters. The van der Waals surface area contributed by atoms with Crippen LogP contribution in [0.25, 0.3) is 10.9 Å². The molecule has 1 aromatic carbocycles. The number of hydrogen-bond acceptors (Lipinski definition) is 4. The molecule has 0 radical (unpaired) electrons. The Morgan fingerprint density at radius 3 is 2.62 bits per heavy atom. The van der Waals surface area contributed by atoms with Crippen LogP contribution in [0.2, 0.25) is 0 Å². The van der Waals surface area contributed by atoms with Gasteiger partial charge in [0.05, 0.1) is 12.6 Å². The molecule has 0 unspecified atom stereocenters. The number of hydrogen-bond donors (Lipinski definition) is 1. The van der Waals surface area contributed by atoms with Crippen LogP contribution in [0.4, 0.5) is 0 Å². The van der Waals surface area contributed by atoms with Gasteiger partial charge in [-0.05, 0) is 26.2 Å². The Morgan fingerprint density at radius 2 is 2.05 bits per heavy atom. The Morgan fingerprint density at radius 1 is 1.33 bits per heavy atom. The van der Waals surface area contributed by atoms with E-state index in [-0.39, 0.29) is 11.1 Å². The van der Waals surface area contributed by atoms with Gasteiger partial charge in [0.2, 0.25) is 0 Å². The van der Waals surface area contributed by atoms with E-state index in [1.54, 1.807) is 22.8 Å². The lowest BCUT2D eigenvalue weighted by atomic mass is 10.1. The lowest BCUT2D eigenvalue weighted by molar-refractivity contribution is 0.0684. The van der Waals surface area contributed by atoms with E-state index in [1.165, 1.54) is 13.2 Å². The summed E-state index contributed by atoms with van der Waals surface area (Å²) in [4.78, 5) is 25.4. The van der Waals surface area contributed by atoms with E-state index in [4.69, 9.17) is 4.74 Å². The van der Waals surface area contributed by atoms with E-state index in [0.717, 1.165) is 0 Å². The Bertz CT molecular complexity index is 734. The first kappa shape index (κ1) is 15.1. The van der Waals surface area contributed by atoms with Crippen molar-refractivity contribution in [2.45, 2.75) is 6.54 Å². The smallest absolute Gasteiger partial charge is 0.352 e. The quantitative estimate of drug-likeness (QED) is 0.898. The molecule has 1 N–H and O–H groups in total. The molecule has 2 rings (SSSR count). The summed E-state index contributed by atoms with van der Waals surface area (Å²) in [6, 6.07) is 6.22. The van der Waals surface area contributed by atoms with Crippen molar-refractivity contribution in [3.05, 3.63) is 40.2 Å². The molecule has 1 aromatic heterocycles. The Balaban J connectivity index is 2.73. The number of carboxylic acid groups (broad SMARTS) is 1. The van der Waals surface area contributed by atoms with Crippen LogP contribution in [0.3, 0.4) is 0 Å². The van der Waals surface area contributed by atoms with Gasteiger partial charge in [0.25, 0.3) is 0 Å². The van der Waals surface area contributed by atoms with Crippen molar-refractivity contribution in [2.24, 2.45) is 0 Å². The Kier molecular flexibility index (Phi) is 4.28. The van der Waals surface area contributed by atoms with Gasteiger partial charge in [-0.3, -0.25) is 4.79 Å². The normalized spacial score (nSPS) is 11.0. The SMILES string of the molecule is COc1ccc2c(=O)cc(C(=O)O)n(CCN(C)C)c2c1. The maximum atomic E-state index is 12.1. The molecule has 0 amide bonds. The van der Waals surface area contributed by atoms with Crippen molar-refractivity contribution in [1.82, 2.24) is 9.47 Å². The zero-order chi connectivity index (χ0) is 15.6. The molecule has 0 saturated heterocycles. The molecule has 0 aliphatic heterocycles. The Labute approximate surface area is 122 Å². The molecule has 112 valence electrons. The van der Waals surface area contributed by atoms with Gasteiger partial charge in [0.15, 0.2) is 5.43 Å². The topological polar surface area (TPSA) is 71.8 Å². The molecule has 2 aromatic rings. The van der Waals surface area contributed by atoms with Crippen LogP contribution in [-0.2, 0) is 6.54 Å². The molecule has 0 fully saturated rings. The van der Waals surface area contributed by atoms with Crippen LogP contribution < -0.4 is 10.2 Å². The molecule has 21 heavy (non-hydrogen) atoms. The molecular weight excluding hydrogens is 272 g/mol. The van der Waals surface area contributed by atoms with Crippen LogP contribution >= 0.6 is 0 Å². The maximum absolute atomic E-state index is 12.1. The highest BCUT2D eigenvalue weighted by molar-refractivity contribution is 5.91. The van der Waals surface area contributed by atoms with Gasteiger partial charge in [0, 0.05) is 30.6 Å². The molecule has 0 bridgehead atoms. The summed E-state index contributed by atoms with van der Waals surface area (Å²) in [6.45, 7) is 1.13. The van der Waals surface area contributed by atoms with Crippen LogP contribution in [0.5, 0.6) is 5.75 Å². The van der Waals surface area contributed by atoms with Crippen molar-refractivity contribution in [1.29, 1.82) is 0 Å². The molecule has 0 saturated carbocycles. The van der Waals surface area contributed by atoms with Gasteiger partial charge in [-0.15, -0.1) is 0 Å². The van der Waals surface area contributed by atoms with Crippen molar-refractivity contribution in [3.63, 3.8) is 0 Å². The highest BCUT2D eigenvalue weighted by atomic mass is 16.5. The number of fused-ring (bicyclic) bond motifs is 1. The molecular formula is C15H18N2O4. The van der Waals surface area contributed by atoms with Gasteiger partial charge in [-0.1, -0.05) is 0 Å². The van der Waals surface area contributed by atoms with Crippen LogP contribution in [0, 0.1) is 0 Å². The fourth-order valence-corrected chi connectivity index (χ4v) is 2.20. The van der Waals surface area contributed by atoms with Gasteiger partial charge in [-0.25, -0.2) is 4.79 Å². The minimum absolute atomic E-state index is 0.0115. The number of nitrogens with zero attached hydrogens (tertiary/aromatic N) is 2. The number of benzene rings is 1. The zero-order valence-electron chi connectivity index (χ0n) is 12.3. The average Bonchev–Trinajstić information content (AvgIpc) is 2.45. The van der Waals surface area contributed by atoms with Gasteiger partial charge in [0.1, 0.15) is 11.4 Å². The number of likely N-dealkylation sites (N-methyl/N-ethyl adjacent to an activating group) is 1. The fourth-order valence-electron chi connectivity index (χ4n) is 2.20. The summed E-state index contributed by atoms with van der Waals surface area (Å²) in [7, 11) is 5.35. The number of carboxylic acids is 1. The predicted molar refractivity (Wildman–Crippen MR) is 80.3 cm³/mol. The van der Waals surface area contributed by atoms with Crippen LogP contribution in [-0.4, -0.2) is 48.3 Å². The zero-order valence-corrected chi connectivity index (χ0v) is 12.3. The van der Waals surface area contributed by atoms with E-state index < -0.39 is 5.97 Å². The first-order valence-corrected chi connectivity index (χ1v) is 6.53. The van der Waals surface area contributed by atoms with E-state index >= 15 is 0 Å². The number of aromatic carboxylic acids is 1. The van der Waals surface area contributed by atoms with Gasteiger partial charge in [-0.2, -0.15) is 0 Å². The molecule has 0 aliphatic carbocycles. The monoisotopic (exact) mass is 290 g/mol. The predicted octanol–water partition coefficient (Wildman–Crippen LogP) is 1.27. The first-order chi connectivity index (χ1) is 9.93. The second-order valence-electron chi connectivity index (χ2n) is 5.04. The lowest BCUT2D eigenvalue weighted by Crippen LogP contribution is -2.24. The number of ether oxygens (including phenoxy) is 1. The second-order valence-corrected chi connectivity index (χ2v) is 5.04. The van der Waals surface area contributed by atoms with E-state index in [0.29, 0.717) is 29.7 Å². The first-order valence-electron chi connectivity index (χ1n) is 6.53. The number of methoxy groups -OCH3 is 1. The third kappa shape index (κ3) is 3.05. The standard InChI is InChI=1S/C15H18N2O4/c1-16(2)6-7-17-12-8-10(21-3)4-5-11(12)14(18)9-13(17)15(19)20/h4-5,8-9H,6-7H2,1-3H3,(H,19,20). The summed E-state index contributed by atoms with van der Waals surface area (Å²) in [5.41, 5.74) is 0.259. The summed E-state index contributed by atoms with van der Waals surface area (Å²) in [5, 5.41) is 9.82. The van der Waals surface area contributed by atoms with Crippen molar-refractivity contribution in [3.8, 4) is 5.75 Å². The molecule has 6 nitrogen and oxygen atoms in total. The lowest BCUT2D eigenvalue weighted by Gasteiger charge is -2.17. The van der Waals surface area contributed by atoms with Gasteiger partial charge < -0.3 is 19.3 Å². The minimum atomic E-state index is -1.12. The third-order valence-corrected chi connectivity index (χ3v) is 3.31. The number of rotatable bonds is 5. The van der Waals surface area contributed by atoms with E-state index in [1.807, 2.05) is 19.0 Å². The number of carbonyl (C=O) groups is 1. The highest BCUT2D eigenvalue weighted by Gasteiger charge is 2.15. The summed E-state index contributed by atoms with van der Waals surface area (Å²) < 4.78 is 6.81. The average molecular weight is 290 g/mol. The minimum Gasteiger partial charge on any atom is -0.497 e. The highest BCUT2D eigenvalue weighted by Crippen LogP contribution is 2.20. The third-order valence-electron chi connectivity index (χ3n) is 3.31. The largest absolute Gasteiger partial charge is 0.497 e. The molecule has 0 aliphatic rings. The van der Waals surface area contributed by atoms with Crippen molar-refractivity contribution in [2.75, 3.05) is 27.7 Å².